The largest absolute Gasteiger partial charge is 0.454 e. The van der Waals surface area contributed by atoms with Crippen LogP contribution < -0.4 is 14.8 Å². The Kier molecular flexibility index (Phi) is 6.33. The average molecular weight is 493 g/mol. The number of hydrogen-bond acceptors (Lipinski definition) is 8. The molecule has 0 unspecified atom stereocenters. The Labute approximate surface area is 203 Å². The van der Waals surface area contributed by atoms with Gasteiger partial charge in [0.1, 0.15) is 10.0 Å². The number of hydrogen-bond donors (Lipinski definition) is 1. The number of carbonyl (C=O) groups is 2. The van der Waals surface area contributed by atoms with Crippen LogP contribution in [0.2, 0.25) is 0 Å². The van der Waals surface area contributed by atoms with E-state index in [-0.39, 0.29) is 24.4 Å². The fourth-order valence-electron chi connectivity index (χ4n) is 3.44. The summed E-state index contributed by atoms with van der Waals surface area (Å²) in [4.78, 5) is 36.2. The molecule has 1 N–H and O–H groups in total. The molecule has 8 nitrogen and oxygen atoms in total. The predicted molar refractivity (Wildman–Crippen MR) is 132 cm³/mol. The number of pyridine rings is 1. The minimum absolute atomic E-state index is 0.104. The molecule has 34 heavy (non-hydrogen) atoms. The minimum Gasteiger partial charge on any atom is -0.454 e. The second-order valence-electron chi connectivity index (χ2n) is 7.50. The van der Waals surface area contributed by atoms with Crippen LogP contribution in [-0.2, 0) is 11.3 Å². The van der Waals surface area contributed by atoms with Gasteiger partial charge in [-0.15, -0.1) is 11.3 Å². The molecule has 3 heterocycles. The monoisotopic (exact) mass is 492 g/mol. The first-order valence-corrected chi connectivity index (χ1v) is 12.2. The molecule has 0 radical (unpaired) electrons. The van der Waals surface area contributed by atoms with E-state index in [1.807, 2.05) is 24.3 Å². The molecule has 0 aliphatic carbocycles. The highest BCUT2D eigenvalue weighted by atomic mass is 32.2. The van der Waals surface area contributed by atoms with Gasteiger partial charge in [0.05, 0.1) is 28.1 Å². The van der Waals surface area contributed by atoms with E-state index in [1.165, 1.54) is 11.8 Å². The van der Waals surface area contributed by atoms with Crippen molar-refractivity contribution in [3.63, 3.8) is 0 Å². The summed E-state index contributed by atoms with van der Waals surface area (Å²) in [5.74, 6) is 0.966. The third kappa shape index (κ3) is 4.82. The second kappa shape index (κ2) is 9.70. The molecule has 0 fully saturated rings. The quantitative estimate of drug-likeness (QED) is 0.382. The van der Waals surface area contributed by atoms with Gasteiger partial charge in [-0.05, 0) is 36.4 Å². The molecule has 1 aliphatic rings. The van der Waals surface area contributed by atoms with E-state index in [1.54, 1.807) is 59.8 Å². The molecule has 2 aromatic carbocycles. The SMILES string of the molecule is CN(Cc1nc2ccccc2s1)C(=O)c1cccnc1SCC(=O)Nc1ccc2c(c1)OCO2. The Morgan fingerprint density at radius 2 is 1.97 bits per heavy atom. The number of anilines is 1. The van der Waals surface area contributed by atoms with Crippen molar-refractivity contribution in [1.29, 1.82) is 0 Å². The van der Waals surface area contributed by atoms with Gasteiger partial charge in [-0.1, -0.05) is 23.9 Å². The maximum Gasteiger partial charge on any atom is 0.256 e. The minimum atomic E-state index is -0.212. The number of nitrogens with one attached hydrogen (secondary N) is 1. The van der Waals surface area contributed by atoms with Crippen LogP contribution in [0.25, 0.3) is 10.2 Å². The van der Waals surface area contributed by atoms with Crippen LogP contribution in [-0.4, -0.2) is 46.3 Å². The first-order valence-electron chi connectivity index (χ1n) is 10.4. The summed E-state index contributed by atoms with van der Waals surface area (Å²) in [7, 11) is 1.74. The molecule has 0 atom stereocenters. The molecule has 2 aromatic heterocycles. The van der Waals surface area contributed by atoms with Crippen LogP contribution in [0, 0.1) is 0 Å². The normalized spacial score (nSPS) is 12.0. The number of amides is 2. The third-order valence-corrected chi connectivity index (χ3v) is 7.08. The maximum absolute atomic E-state index is 13.2. The molecule has 5 rings (SSSR count). The number of para-hydroxylation sites is 1. The maximum atomic E-state index is 13.2. The number of rotatable bonds is 7. The number of thiazole rings is 1. The predicted octanol–water partition coefficient (Wildman–Crippen LogP) is 4.42. The number of ether oxygens (including phenoxy) is 2. The van der Waals surface area contributed by atoms with Crippen LogP contribution >= 0.6 is 23.1 Å². The molecule has 1 aliphatic heterocycles. The van der Waals surface area contributed by atoms with Crippen LogP contribution in [0.5, 0.6) is 11.5 Å². The van der Waals surface area contributed by atoms with E-state index in [2.05, 4.69) is 15.3 Å². The van der Waals surface area contributed by atoms with Crippen molar-refractivity contribution >= 4 is 50.8 Å². The van der Waals surface area contributed by atoms with Crippen LogP contribution in [0.1, 0.15) is 15.4 Å². The highest BCUT2D eigenvalue weighted by Gasteiger charge is 2.20. The molecule has 0 spiro atoms. The summed E-state index contributed by atoms with van der Waals surface area (Å²) in [5, 5.41) is 4.20. The van der Waals surface area contributed by atoms with Gasteiger partial charge in [0.25, 0.3) is 5.91 Å². The fraction of sp³-hybridized carbons (Fsp3) is 0.167. The van der Waals surface area contributed by atoms with Crippen LogP contribution in [0.3, 0.4) is 0 Å². The molecule has 0 saturated heterocycles. The van der Waals surface area contributed by atoms with Crippen molar-refractivity contribution in [2.24, 2.45) is 0 Å². The average Bonchev–Trinajstić information content (AvgIpc) is 3.48. The first-order chi connectivity index (χ1) is 16.6. The Hall–Kier alpha value is -3.63. The van der Waals surface area contributed by atoms with E-state index in [0.717, 1.165) is 15.2 Å². The van der Waals surface area contributed by atoms with Gasteiger partial charge in [-0.2, -0.15) is 0 Å². The zero-order chi connectivity index (χ0) is 23.5. The van der Waals surface area contributed by atoms with Crippen molar-refractivity contribution in [2.45, 2.75) is 11.6 Å². The van der Waals surface area contributed by atoms with Gasteiger partial charge in [-0.25, -0.2) is 9.97 Å². The Morgan fingerprint density at radius 1 is 1.12 bits per heavy atom. The van der Waals surface area contributed by atoms with E-state index in [4.69, 9.17) is 9.47 Å². The lowest BCUT2D eigenvalue weighted by molar-refractivity contribution is -0.113. The number of carbonyl (C=O) groups excluding carboxylic acids is 2. The zero-order valence-corrected chi connectivity index (χ0v) is 19.8. The number of nitrogens with zero attached hydrogens (tertiary/aromatic N) is 3. The Morgan fingerprint density at radius 3 is 2.85 bits per heavy atom. The topological polar surface area (TPSA) is 93.7 Å². The summed E-state index contributed by atoms with van der Waals surface area (Å²) in [6.45, 7) is 0.564. The van der Waals surface area contributed by atoms with E-state index >= 15 is 0 Å². The highest BCUT2D eigenvalue weighted by molar-refractivity contribution is 8.00. The van der Waals surface area contributed by atoms with Gasteiger partial charge in [-0.3, -0.25) is 9.59 Å². The second-order valence-corrected chi connectivity index (χ2v) is 9.58. The van der Waals surface area contributed by atoms with Gasteiger partial charge in [0.15, 0.2) is 11.5 Å². The van der Waals surface area contributed by atoms with Crippen molar-refractivity contribution in [2.75, 3.05) is 24.9 Å². The Bertz CT molecular complexity index is 1340. The van der Waals surface area contributed by atoms with Gasteiger partial charge >= 0.3 is 0 Å². The van der Waals surface area contributed by atoms with Crippen LogP contribution in [0.15, 0.2) is 65.8 Å². The first kappa shape index (κ1) is 22.2. The molecule has 10 heteroatoms. The van der Waals surface area contributed by atoms with Crippen molar-refractivity contribution < 1.29 is 19.1 Å². The number of thioether (sulfide) groups is 1. The molecule has 0 bridgehead atoms. The van der Waals surface area contributed by atoms with Crippen molar-refractivity contribution in [3.8, 4) is 11.5 Å². The molecule has 0 saturated carbocycles. The molecule has 4 aromatic rings. The summed E-state index contributed by atoms with van der Waals surface area (Å²) in [6.07, 6.45) is 1.61. The molecule has 2 amide bonds. The zero-order valence-electron chi connectivity index (χ0n) is 18.2. The van der Waals surface area contributed by atoms with E-state index < -0.39 is 0 Å². The fourth-order valence-corrected chi connectivity index (χ4v) is 5.25. The smallest absolute Gasteiger partial charge is 0.256 e. The summed E-state index contributed by atoms with van der Waals surface area (Å²) < 4.78 is 11.7. The lowest BCUT2D eigenvalue weighted by atomic mass is 10.2. The summed E-state index contributed by atoms with van der Waals surface area (Å²) >= 11 is 2.79. The highest BCUT2D eigenvalue weighted by Crippen LogP contribution is 2.34. The summed E-state index contributed by atoms with van der Waals surface area (Å²) in [6, 6.07) is 16.6. The number of benzene rings is 2. The molecular formula is C24H20N4O4S2. The van der Waals surface area contributed by atoms with Crippen LogP contribution in [0.4, 0.5) is 5.69 Å². The van der Waals surface area contributed by atoms with E-state index in [0.29, 0.717) is 34.3 Å². The van der Waals surface area contributed by atoms with Crippen molar-refractivity contribution in [3.05, 3.63) is 71.4 Å². The van der Waals surface area contributed by atoms with Crippen molar-refractivity contribution in [1.82, 2.24) is 14.9 Å². The molecule has 172 valence electrons. The third-order valence-electron chi connectivity index (χ3n) is 5.06. The van der Waals surface area contributed by atoms with Gasteiger partial charge in [0, 0.05) is 25.0 Å². The number of aromatic nitrogens is 2. The standard InChI is InChI=1S/C24H20N4O4S2/c1-28(12-22-27-17-6-2-3-7-20(17)34-22)24(30)16-5-4-10-25-23(16)33-13-21(29)26-15-8-9-18-19(11-15)32-14-31-18/h2-11H,12-14H2,1H3,(H,26,29). The Balaban J connectivity index is 1.22. The summed E-state index contributed by atoms with van der Waals surface area (Å²) in [5.41, 5.74) is 1.99. The number of fused-ring (bicyclic) bond motifs is 2. The lowest BCUT2D eigenvalue weighted by Crippen LogP contribution is -2.27. The lowest BCUT2D eigenvalue weighted by Gasteiger charge is -2.17. The molecular weight excluding hydrogens is 472 g/mol. The van der Waals surface area contributed by atoms with Gasteiger partial charge < -0.3 is 19.7 Å². The van der Waals surface area contributed by atoms with Gasteiger partial charge in [0.2, 0.25) is 12.7 Å². The van der Waals surface area contributed by atoms with E-state index in [9.17, 15) is 9.59 Å².